The molecular weight excluding hydrogens is 361 g/mol. The largest absolute Gasteiger partial charge is 0.493 e. The zero-order valence-corrected chi connectivity index (χ0v) is 16.3. The Morgan fingerprint density at radius 3 is 2.39 bits per heavy atom. The number of carbonyl (C=O) groups excluding carboxylic acids is 1. The highest BCUT2D eigenvalue weighted by Gasteiger charge is 2.35. The first-order chi connectivity index (χ1) is 13.6. The number of benzene rings is 2. The molecule has 0 unspecified atom stereocenters. The molecule has 0 aromatic heterocycles. The summed E-state index contributed by atoms with van der Waals surface area (Å²) in [7, 11) is 3.22. The molecule has 1 aliphatic heterocycles. The van der Waals surface area contributed by atoms with Crippen LogP contribution < -0.4 is 14.8 Å². The van der Waals surface area contributed by atoms with Gasteiger partial charge in [0.25, 0.3) is 0 Å². The predicted molar refractivity (Wildman–Crippen MR) is 104 cm³/mol. The molecule has 150 valence electrons. The first-order valence-corrected chi connectivity index (χ1v) is 9.38. The number of halogens is 1. The van der Waals surface area contributed by atoms with E-state index in [-0.39, 0.29) is 23.6 Å². The van der Waals surface area contributed by atoms with E-state index in [0.29, 0.717) is 31.3 Å². The summed E-state index contributed by atoms with van der Waals surface area (Å²) in [6.45, 7) is 1.79. The van der Waals surface area contributed by atoms with Gasteiger partial charge in [0, 0.05) is 25.2 Å². The van der Waals surface area contributed by atoms with Crippen molar-refractivity contribution in [2.45, 2.75) is 24.7 Å². The van der Waals surface area contributed by atoms with E-state index in [2.05, 4.69) is 5.32 Å². The maximum Gasteiger partial charge on any atom is 0.224 e. The molecule has 1 amide bonds. The van der Waals surface area contributed by atoms with Gasteiger partial charge in [0.2, 0.25) is 5.91 Å². The molecule has 28 heavy (non-hydrogen) atoms. The third kappa shape index (κ3) is 4.62. The van der Waals surface area contributed by atoms with E-state index in [9.17, 15) is 9.18 Å². The van der Waals surface area contributed by atoms with Crippen molar-refractivity contribution in [1.29, 1.82) is 0 Å². The topological polar surface area (TPSA) is 56.8 Å². The number of hydrogen-bond donors (Lipinski definition) is 1. The second kappa shape index (κ2) is 9.06. The van der Waals surface area contributed by atoms with Gasteiger partial charge in [0.1, 0.15) is 5.82 Å². The van der Waals surface area contributed by atoms with Crippen LogP contribution in [0.3, 0.4) is 0 Å². The van der Waals surface area contributed by atoms with E-state index >= 15 is 0 Å². The van der Waals surface area contributed by atoms with Crippen LogP contribution >= 0.6 is 0 Å². The molecule has 1 fully saturated rings. The van der Waals surface area contributed by atoms with Crippen molar-refractivity contribution >= 4 is 5.91 Å². The van der Waals surface area contributed by atoms with Crippen LogP contribution in [0.1, 0.15) is 24.0 Å². The SMILES string of the molecule is COc1ccc(C2(CNC(=O)Cc3ccc(F)cc3)CCOCC2)cc1OC. The van der Waals surface area contributed by atoms with Gasteiger partial charge in [-0.05, 0) is 48.2 Å². The molecule has 0 bridgehead atoms. The highest BCUT2D eigenvalue weighted by molar-refractivity contribution is 5.78. The van der Waals surface area contributed by atoms with Crippen LogP contribution in [0, 0.1) is 5.82 Å². The molecule has 1 saturated heterocycles. The van der Waals surface area contributed by atoms with E-state index < -0.39 is 0 Å². The Morgan fingerprint density at radius 2 is 1.75 bits per heavy atom. The maximum atomic E-state index is 13.0. The standard InChI is InChI=1S/C22H26FNO4/c1-26-19-8-5-17(14-20(19)27-2)22(9-11-28-12-10-22)15-24-21(25)13-16-3-6-18(23)7-4-16/h3-8,14H,9-13,15H2,1-2H3,(H,24,25). The minimum atomic E-state index is -0.307. The van der Waals surface area contributed by atoms with Gasteiger partial charge in [-0.1, -0.05) is 18.2 Å². The molecule has 0 spiro atoms. The Bertz CT molecular complexity index is 801. The van der Waals surface area contributed by atoms with Crippen molar-refractivity contribution in [3.05, 3.63) is 59.4 Å². The Kier molecular flexibility index (Phi) is 6.52. The summed E-state index contributed by atoms with van der Waals surface area (Å²) in [6, 6.07) is 11.9. The quantitative estimate of drug-likeness (QED) is 0.792. The van der Waals surface area contributed by atoms with E-state index in [1.807, 2.05) is 18.2 Å². The second-order valence-corrected chi connectivity index (χ2v) is 7.04. The van der Waals surface area contributed by atoms with Gasteiger partial charge < -0.3 is 19.5 Å². The molecular formula is C22H26FNO4. The van der Waals surface area contributed by atoms with Crippen LogP contribution in [-0.2, 0) is 21.4 Å². The van der Waals surface area contributed by atoms with Gasteiger partial charge >= 0.3 is 0 Å². The van der Waals surface area contributed by atoms with Crippen LogP contribution in [-0.4, -0.2) is 39.9 Å². The number of hydrogen-bond acceptors (Lipinski definition) is 4. The summed E-state index contributed by atoms with van der Waals surface area (Å²) in [5.41, 5.74) is 1.65. The average Bonchev–Trinajstić information content (AvgIpc) is 2.74. The molecule has 0 saturated carbocycles. The van der Waals surface area contributed by atoms with Gasteiger partial charge in [-0.15, -0.1) is 0 Å². The van der Waals surface area contributed by atoms with Gasteiger partial charge in [-0.2, -0.15) is 0 Å². The van der Waals surface area contributed by atoms with Crippen molar-refractivity contribution in [2.24, 2.45) is 0 Å². The highest BCUT2D eigenvalue weighted by Crippen LogP contribution is 2.38. The minimum absolute atomic E-state index is 0.0852. The van der Waals surface area contributed by atoms with Gasteiger partial charge in [0.15, 0.2) is 11.5 Å². The van der Waals surface area contributed by atoms with Crippen molar-refractivity contribution in [3.8, 4) is 11.5 Å². The lowest BCUT2D eigenvalue weighted by Crippen LogP contribution is -2.45. The zero-order chi connectivity index (χ0) is 20.0. The fourth-order valence-corrected chi connectivity index (χ4v) is 3.61. The van der Waals surface area contributed by atoms with E-state index in [0.717, 1.165) is 24.0 Å². The Labute approximate surface area is 164 Å². The number of methoxy groups -OCH3 is 2. The fraction of sp³-hybridized carbons (Fsp3) is 0.409. The molecule has 1 aliphatic rings. The number of carbonyl (C=O) groups is 1. The molecule has 3 rings (SSSR count). The van der Waals surface area contributed by atoms with Gasteiger partial charge in [0.05, 0.1) is 20.6 Å². The van der Waals surface area contributed by atoms with E-state index in [4.69, 9.17) is 14.2 Å². The summed E-state index contributed by atoms with van der Waals surface area (Å²) >= 11 is 0. The van der Waals surface area contributed by atoms with Gasteiger partial charge in [-0.3, -0.25) is 4.79 Å². The molecule has 6 heteroatoms. The van der Waals surface area contributed by atoms with Crippen LogP contribution in [0.25, 0.3) is 0 Å². The predicted octanol–water partition coefficient (Wildman–Crippen LogP) is 3.25. The first kappa shape index (κ1) is 20.1. The molecule has 0 atom stereocenters. The van der Waals surface area contributed by atoms with Crippen molar-refractivity contribution < 1.29 is 23.4 Å². The molecule has 0 aliphatic carbocycles. The third-order valence-electron chi connectivity index (χ3n) is 5.35. The monoisotopic (exact) mass is 387 g/mol. The summed E-state index contributed by atoms with van der Waals surface area (Å²) < 4.78 is 29.4. The lowest BCUT2D eigenvalue weighted by Gasteiger charge is -2.38. The van der Waals surface area contributed by atoms with Crippen LogP contribution in [0.5, 0.6) is 11.5 Å². The number of rotatable bonds is 7. The highest BCUT2D eigenvalue weighted by atomic mass is 19.1. The average molecular weight is 387 g/mol. The Balaban J connectivity index is 1.74. The summed E-state index contributed by atoms with van der Waals surface area (Å²) in [5.74, 6) is 0.953. The molecule has 2 aromatic carbocycles. The summed E-state index contributed by atoms with van der Waals surface area (Å²) in [6.07, 6.45) is 1.83. The zero-order valence-electron chi connectivity index (χ0n) is 16.3. The van der Waals surface area contributed by atoms with Crippen molar-refractivity contribution in [3.63, 3.8) is 0 Å². The third-order valence-corrected chi connectivity index (χ3v) is 5.35. The smallest absolute Gasteiger partial charge is 0.224 e. The molecule has 1 N–H and O–H groups in total. The first-order valence-electron chi connectivity index (χ1n) is 9.38. The number of nitrogens with one attached hydrogen (secondary N) is 1. The van der Waals surface area contributed by atoms with E-state index in [1.165, 1.54) is 12.1 Å². The lowest BCUT2D eigenvalue weighted by atomic mass is 9.74. The molecule has 0 radical (unpaired) electrons. The number of ether oxygens (including phenoxy) is 3. The van der Waals surface area contributed by atoms with Crippen LogP contribution in [0.2, 0.25) is 0 Å². The van der Waals surface area contributed by atoms with Crippen molar-refractivity contribution in [2.75, 3.05) is 34.0 Å². The molecule has 5 nitrogen and oxygen atoms in total. The van der Waals surface area contributed by atoms with Crippen molar-refractivity contribution in [1.82, 2.24) is 5.32 Å². The van der Waals surface area contributed by atoms with Crippen LogP contribution in [0.15, 0.2) is 42.5 Å². The Hall–Kier alpha value is -2.60. The second-order valence-electron chi connectivity index (χ2n) is 7.04. The van der Waals surface area contributed by atoms with Gasteiger partial charge in [-0.25, -0.2) is 4.39 Å². The minimum Gasteiger partial charge on any atom is -0.493 e. The fourth-order valence-electron chi connectivity index (χ4n) is 3.61. The van der Waals surface area contributed by atoms with E-state index in [1.54, 1.807) is 26.4 Å². The normalized spacial score (nSPS) is 15.7. The Morgan fingerprint density at radius 1 is 1.07 bits per heavy atom. The summed E-state index contributed by atoms with van der Waals surface area (Å²) in [5, 5.41) is 3.06. The molecule has 2 aromatic rings. The molecule has 1 heterocycles. The lowest BCUT2D eigenvalue weighted by molar-refractivity contribution is -0.120. The van der Waals surface area contributed by atoms with Crippen LogP contribution in [0.4, 0.5) is 4.39 Å². The summed E-state index contributed by atoms with van der Waals surface area (Å²) in [4.78, 5) is 12.5. The number of amides is 1. The maximum absolute atomic E-state index is 13.0.